The third-order valence-electron chi connectivity index (χ3n) is 4.57. The second-order valence-electron chi connectivity index (χ2n) is 6.41. The minimum absolute atomic E-state index is 0.00317. The van der Waals surface area contributed by atoms with E-state index in [-0.39, 0.29) is 24.5 Å². The van der Waals surface area contributed by atoms with Crippen LogP contribution < -0.4 is 14.2 Å². The van der Waals surface area contributed by atoms with Crippen molar-refractivity contribution in [3.8, 4) is 28.6 Å². The fourth-order valence-corrected chi connectivity index (χ4v) is 3.09. The number of carbonyl (C=O) groups is 1. The summed E-state index contributed by atoms with van der Waals surface area (Å²) in [5.41, 5.74) is 1.06. The second-order valence-corrected chi connectivity index (χ2v) is 6.41. The number of rotatable bonds is 4. The molecule has 7 heteroatoms. The maximum absolute atomic E-state index is 12.6. The lowest BCUT2D eigenvalue weighted by Gasteiger charge is -2.38. The zero-order chi connectivity index (χ0) is 18.2. The zero-order valence-corrected chi connectivity index (χ0v) is 14.3. The number of ether oxygens (including phenoxy) is 3. The van der Waals surface area contributed by atoms with Gasteiger partial charge in [-0.1, -0.05) is 23.4 Å². The number of benzene rings is 2. The van der Waals surface area contributed by atoms with Crippen molar-refractivity contribution >= 4 is 5.91 Å². The van der Waals surface area contributed by atoms with Gasteiger partial charge < -0.3 is 23.6 Å². The number of aromatic nitrogens is 1. The number of nitrogens with zero attached hydrogens (tertiary/aromatic N) is 2. The van der Waals surface area contributed by atoms with Crippen LogP contribution in [0.15, 0.2) is 59.1 Å². The van der Waals surface area contributed by atoms with Crippen LogP contribution in [0.3, 0.4) is 0 Å². The van der Waals surface area contributed by atoms with Gasteiger partial charge in [-0.05, 0) is 30.3 Å². The van der Waals surface area contributed by atoms with E-state index in [9.17, 15) is 4.79 Å². The molecule has 2 aliphatic rings. The molecular weight excluding hydrogens is 348 g/mol. The molecule has 0 N–H and O–H groups in total. The van der Waals surface area contributed by atoms with Crippen LogP contribution in [0, 0.1) is 0 Å². The van der Waals surface area contributed by atoms with Crippen LogP contribution in [0.5, 0.6) is 17.2 Å². The summed E-state index contributed by atoms with van der Waals surface area (Å²) in [7, 11) is 0. The smallest absolute Gasteiger partial charge is 0.276 e. The molecule has 3 aromatic rings. The van der Waals surface area contributed by atoms with Gasteiger partial charge in [-0.15, -0.1) is 0 Å². The standard InChI is InChI=1S/C20H16N2O5/c23-20(22-10-15(11-22)26-14-4-2-1-3-5-14)16-9-18(27-21-16)13-6-7-17-19(8-13)25-12-24-17/h1-9,15H,10-12H2. The summed E-state index contributed by atoms with van der Waals surface area (Å²) in [6, 6.07) is 16.7. The molecule has 3 heterocycles. The normalized spacial score (nSPS) is 15.5. The largest absolute Gasteiger partial charge is 0.487 e. The van der Waals surface area contributed by atoms with Crippen LogP contribution in [0.1, 0.15) is 10.5 Å². The van der Waals surface area contributed by atoms with Crippen LogP contribution in [-0.4, -0.2) is 42.0 Å². The summed E-state index contributed by atoms with van der Waals surface area (Å²) in [4.78, 5) is 14.2. The molecule has 1 fully saturated rings. The van der Waals surface area contributed by atoms with Gasteiger partial charge in [-0.3, -0.25) is 4.79 Å². The molecule has 1 aromatic heterocycles. The Kier molecular flexibility index (Phi) is 3.71. The van der Waals surface area contributed by atoms with Crippen molar-refractivity contribution in [3.05, 3.63) is 60.3 Å². The van der Waals surface area contributed by atoms with Crippen LogP contribution in [0.2, 0.25) is 0 Å². The first-order valence-electron chi connectivity index (χ1n) is 8.64. The highest BCUT2D eigenvalue weighted by atomic mass is 16.7. The van der Waals surface area contributed by atoms with Crippen molar-refractivity contribution in [1.29, 1.82) is 0 Å². The number of fused-ring (bicyclic) bond motifs is 1. The van der Waals surface area contributed by atoms with E-state index in [0.717, 1.165) is 11.3 Å². The quantitative estimate of drug-likeness (QED) is 0.709. The SMILES string of the molecule is O=C(c1cc(-c2ccc3c(c2)OCO3)on1)N1CC(Oc2ccccc2)C1. The molecule has 0 bridgehead atoms. The fraction of sp³-hybridized carbons (Fsp3) is 0.200. The Morgan fingerprint density at radius 1 is 1.04 bits per heavy atom. The van der Waals surface area contributed by atoms with Crippen molar-refractivity contribution in [1.82, 2.24) is 10.1 Å². The predicted octanol–water partition coefficient (Wildman–Crippen LogP) is 2.97. The van der Waals surface area contributed by atoms with Gasteiger partial charge in [0.25, 0.3) is 5.91 Å². The second kappa shape index (κ2) is 6.35. The Morgan fingerprint density at radius 3 is 2.70 bits per heavy atom. The molecule has 0 unspecified atom stereocenters. The molecule has 27 heavy (non-hydrogen) atoms. The Labute approximate surface area is 155 Å². The molecule has 0 radical (unpaired) electrons. The first-order chi connectivity index (χ1) is 13.3. The molecular formula is C20H16N2O5. The van der Waals surface area contributed by atoms with Crippen molar-refractivity contribution in [2.75, 3.05) is 19.9 Å². The van der Waals surface area contributed by atoms with Gasteiger partial charge in [0.1, 0.15) is 11.9 Å². The van der Waals surface area contributed by atoms with Gasteiger partial charge in [0.15, 0.2) is 23.0 Å². The molecule has 2 aromatic carbocycles. The lowest BCUT2D eigenvalue weighted by atomic mass is 10.1. The molecule has 5 rings (SSSR count). The lowest BCUT2D eigenvalue weighted by Crippen LogP contribution is -2.56. The molecule has 0 atom stereocenters. The molecule has 7 nitrogen and oxygen atoms in total. The van der Waals surface area contributed by atoms with E-state index in [1.54, 1.807) is 11.0 Å². The molecule has 1 amide bonds. The number of para-hydroxylation sites is 1. The average molecular weight is 364 g/mol. The summed E-state index contributed by atoms with van der Waals surface area (Å²) in [5.74, 6) is 2.49. The van der Waals surface area contributed by atoms with Crippen molar-refractivity contribution in [2.24, 2.45) is 0 Å². The van der Waals surface area contributed by atoms with Gasteiger partial charge in [-0.2, -0.15) is 0 Å². The lowest BCUT2D eigenvalue weighted by molar-refractivity contribution is 0.0170. The van der Waals surface area contributed by atoms with E-state index < -0.39 is 0 Å². The molecule has 136 valence electrons. The highest BCUT2D eigenvalue weighted by Crippen LogP contribution is 2.36. The third-order valence-corrected chi connectivity index (χ3v) is 4.57. The van der Waals surface area contributed by atoms with Gasteiger partial charge in [0.05, 0.1) is 13.1 Å². The van der Waals surface area contributed by atoms with E-state index in [0.29, 0.717) is 30.3 Å². The van der Waals surface area contributed by atoms with Gasteiger partial charge in [0, 0.05) is 11.6 Å². The number of likely N-dealkylation sites (tertiary alicyclic amines) is 1. The van der Waals surface area contributed by atoms with E-state index in [1.807, 2.05) is 48.5 Å². The monoisotopic (exact) mass is 364 g/mol. The average Bonchev–Trinajstić information content (AvgIpc) is 3.33. The summed E-state index contributed by atoms with van der Waals surface area (Å²) in [5, 5.41) is 3.92. The van der Waals surface area contributed by atoms with Crippen molar-refractivity contribution in [2.45, 2.75) is 6.10 Å². The van der Waals surface area contributed by atoms with Crippen molar-refractivity contribution < 1.29 is 23.5 Å². The fourth-order valence-electron chi connectivity index (χ4n) is 3.09. The predicted molar refractivity (Wildman–Crippen MR) is 94.8 cm³/mol. The van der Waals surface area contributed by atoms with Gasteiger partial charge in [-0.25, -0.2) is 0 Å². The number of amides is 1. The Hall–Kier alpha value is -3.48. The molecule has 1 saturated heterocycles. The van der Waals surface area contributed by atoms with E-state index in [4.69, 9.17) is 18.7 Å². The topological polar surface area (TPSA) is 74.0 Å². The molecule has 0 aliphatic carbocycles. The highest BCUT2D eigenvalue weighted by Gasteiger charge is 2.34. The number of hydrogen-bond acceptors (Lipinski definition) is 6. The summed E-state index contributed by atoms with van der Waals surface area (Å²) in [6.45, 7) is 1.26. The summed E-state index contributed by atoms with van der Waals surface area (Å²) in [6.07, 6.45) is -0.00317. The van der Waals surface area contributed by atoms with Crippen molar-refractivity contribution in [3.63, 3.8) is 0 Å². The van der Waals surface area contributed by atoms with Crippen LogP contribution in [0.25, 0.3) is 11.3 Å². The zero-order valence-electron chi connectivity index (χ0n) is 14.3. The first-order valence-corrected chi connectivity index (χ1v) is 8.64. The summed E-state index contributed by atoms with van der Waals surface area (Å²) >= 11 is 0. The Morgan fingerprint density at radius 2 is 1.85 bits per heavy atom. The van der Waals surface area contributed by atoms with Crippen LogP contribution in [-0.2, 0) is 0 Å². The van der Waals surface area contributed by atoms with Crippen LogP contribution >= 0.6 is 0 Å². The van der Waals surface area contributed by atoms with Gasteiger partial charge in [0.2, 0.25) is 6.79 Å². The Balaban J connectivity index is 1.23. The van der Waals surface area contributed by atoms with E-state index in [2.05, 4.69) is 5.16 Å². The van der Waals surface area contributed by atoms with Gasteiger partial charge >= 0.3 is 0 Å². The Bertz CT molecular complexity index is 979. The van der Waals surface area contributed by atoms with E-state index in [1.165, 1.54) is 0 Å². The maximum atomic E-state index is 12.6. The van der Waals surface area contributed by atoms with Crippen LogP contribution in [0.4, 0.5) is 0 Å². The number of carbonyl (C=O) groups excluding carboxylic acids is 1. The molecule has 2 aliphatic heterocycles. The minimum atomic E-state index is -0.168. The maximum Gasteiger partial charge on any atom is 0.276 e. The number of hydrogen-bond donors (Lipinski definition) is 0. The minimum Gasteiger partial charge on any atom is -0.487 e. The van der Waals surface area contributed by atoms with E-state index >= 15 is 0 Å². The third kappa shape index (κ3) is 2.97. The molecule has 0 saturated carbocycles. The summed E-state index contributed by atoms with van der Waals surface area (Å²) < 4.78 is 21.8. The molecule has 0 spiro atoms. The highest BCUT2D eigenvalue weighted by molar-refractivity contribution is 5.93. The first kappa shape index (κ1) is 15.7.